The fraction of sp³-hybridized carbons (Fsp3) is 0.308. The summed E-state index contributed by atoms with van der Waals surface area (Å²) >= 11 is 4.92. The van der Waals surface area contributed by atoms with Crippen LogP contribution in [0.25, 0.3) is 0 Å². The van der Waals surface area contributed by atoms with Crippen molar-refractivity contribution in [1.82, 2.24) is 16.2 Å². The van der Waals surface area contributed by atoms with Gasteiger partial charge in [-0.3, -0.25) is 20.4 Å². The normalized spacial score (nSPS) is 9.50. The Bertz CT molecular complexity index is 488. The molecule has 0 unspecified atom stereocenters. The van der Waals surface area contributed by atoms with Crippen LogP contribution in [0, 0.1) is 0 Å². The van der Waals surface area contributed by atoms with Gasteiger partial charge in [0, 0.05) is 24.2 Å². The predicted molar refractivity (Wildman–Crippen MR) is 82.2 cm³/mol. The molecule has 0 aliphatic rings. The molecule has 108 valence electrons. The zero-order chi connectivity index (χ0) is 15.0. The van der Waals surface area contributed by atoms with Gasteiger partial charge in [0.15, 0.2) is 5.11 Å². The first-order chi connectivity index (χ1) is 9.56. The molecule has 0 saturated heterocycles. The van der Waals surface area contributed by atoms with Crippen LogP contribution in [0.2, 0.25) is 0 Å². The van der Waals surface area contributed by atoms with Crippen LogP contribution in [0.4, 0.5) is 5.69 Å². The van der Waals surface area contributed by atoms with Gasteiger partial charge in [0.25, 0.3) is 5.91 Å². The molecule has 0 heterocycles. The van der Waals surface area contributed by atoms with E-state index in [-0.39, 0.29) is 11.8 Å². The van der Waals surface area contributed by atoms with Crippen molar-refractivity contribution in [3.8, 4) is 0 Å². The summed E-state index contributed by atoms with van der Waals surface area (Å²) < 4.78 is 0. The first-order valence-electron chi connectivity index (χ1n) is 6.31. The summed E-state index contributed by atoms with van der Waals surface area (Å²) in [7, 11) is 0. The number of benzene rings is 1. The summed E-state index contributed by atoms with van der Waals surface area (Å²) in [4.78, 5) is 23.0. The Morgan fingerprint density at radius 1 is 1.10 bits per heavy atom. The minimum atomic E-state index is -0.307. The zero-order valence-electron chi connectivity index (χ0n) is 11.4. The number of hydrogen-bond acceptors (Lipinski definition) is 3. The second-order valence-electron chi connectivity index (χ2n) is 3.92. The molecule has 1 aromatic rings. The van der Waals surface area contributed by atoms with Gasteiger partial charge in [-0.05, 0) is 43.4 Å². The van der Waals surface area contributed by atoms with Gasteiger partial charge in [-0.2, -0.15) is 0 Å². The summed E-state index contributed by atoms with van der Waals surface area (Å²) in [6.07, 6.45) is 0.411. The van der Waals surface area contributed by atoms with Crippen molar-refractivity contribution in [2.45, 2.75) is 20.3 Å². The number of rotatable bonds is 4. The van der Waals surface area contributed by atoms with Gasteiger partial charge >= 0.3 is 0 Å². The molecular formula is C13H18N4O2S. The molecule has 0 spiro atoms. The summed E-state index contributed by atoms with van der Waals surface area (Å²) in [5.41, 5.74) is 6.18. The van der Waals surface area contributed by atoms with E-state index >= 15 is 0 Å². The molecule has 7 heteroatoms. The number of amides is 2. The third-order valence-corrected chi connectivity index (χ3v) is 2.63. The first-order valence-corrected chi connectivity index (χ1v) is 6.71. The Kier molecular flexibility index (Phi) is 6.45. The lowest BCUT2D eigenvalue weighted by Crippen LogP contribution is -2.46. The van der Waals surface area contributed by atoms with Crippen LogP contribution < -0.4 is 21.5 Å². The first kappa shape index (κ1) is 15.9. The van der Waals surface area contributed by atoms with Crippen molar-refractivity contribution < 1.29 is 9.59 Å². The van der Waals surface area contributed by atoms with E-state index in [1.807, 2.05) is 6.92 Å². The van der Waals surface area contributed by atoms with Crippen molar-refractivity contribution in [3.63, 3.8) is 0 Å². The van der Waals surface area contributed by atoms with Crippen molar-refractivity contribution in [3.05, 3.63) is 29.8 Å². The second-order valence-corrected chi connectivity index (χ2v) is 4.33. The van der Waals surface area contributed by atoms with Crippen LogP contribution in [0.1, 0.15) is 30.6 Å². The standard InChI is InChI=1S/C13H18N4O2S/c1-3-11(18)15-10-7-5-9(6-8-10)12(19)16-17-13(20)14-4-2/h5-8H,3-4H2,1-2H3,(H,15,18)(H,16,19)(H2,14,17,20). The molecule has 0 radical (unpaired) electrons. The molecule has 0 atom stereocenters. The number of anilines is 1. The number of hydrazine groups is 1. The fourth-order valence-electron chi connectivity index (χ4n) is 1.34. The summed E-state index contributed by atoms with van der Waals surface area (Å²) in [6.45, 7) is 4.35. The Labute approximate surface area is 123 Å². The highest BCUT2D eigenvalue weighted by molar-refractivity contribution is 7.80. The van der Waals surface area contributed by atoms with Gasteiger partial charge in [0.05, 0.1) is 0 Å². The van der Waals surface area contributed by atoms with Crippen LogP contribution in [-0.4, -0.2) is 23.5 Å². The lowest BCUT2D eigenvalue weighted by atomic mass is 10.2. The summed E-state index contributed by atoms with van der Waals surface area (Å²) in [5, 5.41) is 5.91. The van der Waals surface area contributed by atoms with Gasteiger partial charge in [-0.25, -0.2) is 0 Å². The van der Waals surface area contributed by atoms with E-state index < -0.39 is 0 Å². The lowest BCUT2D eigenvalue weighted by molar-refractivity contribution is -0.115. The number of carbonyl (C=O) groups excluding carboxylic acids is 2. The minimum absolute atomic E-state index is 0.0696. The molecule has 0 bridgehead atoms. The number of hydrogen-bond donors (Lipinski definition) is 4. The summed E-state index contributed by atoms with van der Waals surface area (Å²) in [5.74, 6) is -0.376. The van der Waals surface area contributed by atoms with Crippen molar-refractivity contribution in [1.29, 1.82) is 0 Å². The largest absolute Gasteiger partial charge is 0.362 e. The van der Waals surface area contributed by atoms with E-state index in [9.17, 15) is 9.59 Å². The lowest BCUT2D eigenvalue weighted by Gasteiger charge is -2.10. The summed E-state index contributed by atoms with van der Waals surface area (Å²) in [6, 6.07) is 6.59. The number of carbonyl (C=O) groups is 2. The molecule has 1 aromatic carbocycles. The maximum absolute atomic E-state index is 11.8. The molecule has 0 aliphatic carbocycles. The molecule has 0 aliphatic heterocycles. The third-order valence-electron chi connectivity index (χ3n) is 2.38. The van der Waals surface area contributed by atoms with Crippen LogP contribution in [0.3, 0.4) is 0 Å². The zero-order valence-corrected chi connectivity index (χ0v) is 12.3. The van der Waals surface area contributed by atoms with E-state index in [0.29, 0.717) is 29.3 Å². The van der Waals surface area contributed by atoms with E-state index in [2.05, 4.69) is 21.5 Å². The van der Waals surface area contributed by atoms with E-state index in [1.165, 1.54) is 0 Å². The van der Waals surface area contributed by atoms with Crippen molar-refractivity contribution in [2.75, 3.05) is 11.9 Å². The second kappa shape index (κ2) is 8.11. The third kappa shape index (κ3) is 5.23. The van der Waals surface area contributed by atoms with Gasteiger partial charge in [-0.1, -0.05) is 6.92 Å². The fourth-order valence-corrected chi connectivity index (χ4v) is 1.54. The topological polar surface area (TPSA) is 82.3 Å². The van der Waals surface area contributed by atoms with Crippen LogP contribution in [-0.2, 0) is 4.79 Å². The maximum atomic E-state index is 11.8. The Balaban J connectivity index is 2.53. The molecule has 0 saturated carbocycles. The van der Waals surface area contributed by atoms with Gasteiger partial charge in [-0.15, -0.1) is 0 Å². The average molecular weight is 294 g/mol. The van der Waals surface area contributed by atoms with E-state index in [4.69, 9.17) is 12.2 Å². The van der Waals surface area contributed by atoms with Crippen molar-refractivity contribution in [2.24, 2.45) is 0 Å². The highest BCUT2D eigenvalue weighted by atomic mass is 32.1. The van der Waals surface area contributed by atoms with E-state index in [0.717, 1.165) is 0 Å². The quantitative estimate of drug-likeness (QED) is 0.495. The van der Waals surface area contributed by atoms with Crippen LogP contribution >= 0.6 is 12.2 Å². The van der Waals surface area contributed by atoms with Gasteiger partial charge in [0.2, 0.25) is 5.91 Å². The molecule has 2 amide bonds. The molecule has 0 fully saturated rings. The highest BCUT2D eigenvalue weighted by Gasteiger charge is 2.06. The minimum Gasteiger partial charge on any atom is -0.362 e. The van der Waals surface area contributed by atoms with Crippen LogP contribution in [0.15, 0.2) is 24.3 Å². The molecule has 6 nitrogen and oxygen atoms in total. The Morgan fingerprint density at radius 3 is 2.30 bits per heavy atom. The molecule has 0 aromatic heterocycles. The Hall–Kier alpha value is -2.15. The molecule has 1 rings (SSSR count). The van der Waals surface area contributed by atoms with Crippen molar-refractivity contribution >= 4 is 34.8 Å². The number of thiocarbonyl (C=S) groups is 1. The number of nitrogens with one attached hydrogen (secondary N) is 4. The molecule has 20 heavy (non-hydrogen) atoms. The van der Waals surface area contributed by atoms with Crippen LogP contribution in [0.5, 0.6) is 0 Å². The Morgan fingerprint density at radius 2 is 1.75 bits per heavy atom. The monoisotopic (exact) mass is 294 g/mol. The van der Waals surface area contributed by atoms with Gasteiger partial charge in [0.1, 0.15) is 0 Å². The smallest absolute Gasteiger partial charge is 0.269 e. The van der Waals surface area contributed by atoms with E-state index in [1.54, 1.807) is 31.2 Å². The predicted octanol–water partition coefficient (Wildman–Crippen LogP) is 1.16. The molecular weight excluding hydrogens is 276 g/mol. The molecule has 4 N–H and O–H groups in total. The maximum Gasteiger partial charge on any atom is 0.269 e. The highest BCUT2D eigenvalue weighted by Crippen LogP contribution is 2.09. The SMILES string of the molecule is CCNC(=S)NNC(=O)c1ccc(NC(=O)CC)cc1. The average Bonchev–Trinajstić information content (AvgIpc) is 2.45. The van der Waals surface area contributed by atoms with Gasteiger partial charge < -0.3 is 10.6 Å².